The van der Waals surface area contributed by atoms with Crippen molar-refractivity contribution < 1.29 is 9.32 Å². The number of rotatable bonds is 5. The lowest BCUT2D eigenvalue weighted by Crippen LogP contribution is -2.24. The molecule has 1 N–H and O–H groups in total. The topological polar surface area (TPSA) is 55.1 Å². The summed E-state index contributed by atoms with van der Waals surface area (Å²) in [6.07, 6.45) is 2.18. The van der Waals surface area contributed by atoms with Crippen molar-refractivity contribution in [2.45, 2.75) is 33.1 Å². The number of amides is 1. The molecule has 14 heavy (non-hydrogen) atoms. The molecule has 0 saturated carbocycles. The van der Waals surface area contributed by atoms with Crippen LogP contribution in [0.2, 0.25) is 0 Å². The van der Waals surface area contributed by atoms with Crippen molar-refractivity contribution in [2.75, 3.05) is 6.54 Å². The number of aryl methyl sites for hydroxylation is 1. The van der Waals surface area contributed by atoms with E-state index in [1.807, 2.05) is 19.9 Å². The Morgan fingerprint density at radius 3 is 3.00 bits per heavy atom. The molecule has 0 bridgehead atoms. The molecule has 0 aliphatic carbocycles. The molecule has 1 rings (SSSR count). The number of aromatic nitrogens is 1. The van der Waals surface area contributed by atoms with E-state index < -0.39 is 0 Å². The summed E-state index contributed by atoms with van der Waals surface area (Å²) in [4.78, 5) is 11.1. The van der Waals surface area contributed by atoms with Crippen molar-refractivity contribution in [1.29, 1.82) is 0 Å². The molecule has 0 radical (unpaired) electrons. The molecule has 0 atom stereocenters. The summed E-state index contributed by atoms with van der Waals surface area (Å²) in [6, 6.07) is 1.88. The lowest BCUT2D eigenvalue weighted by atomic mass is 10.3. The fraction of sp³-hybridized carbons (Fsp3) is 0.600. The van der Waals surface area contributed by atoms with Gasteiger partial charge in [0.15, 0.2) is 0 Å². The Kier molecular flexibility index (Phi) is 4.16. The molecule has 1 aromatic rings. The molecule has 0 aliphatic rings. The highest BCUT2D eigenvalue weighted by Crippen LogP contribution is 2.01. The minimum atomic E-state index is 0.101. The van der Waals surface area contributed by atoms with Crippen LogP contribution in [0.4, 0.5) is 0 Å². The lowest BCUT2D eigenvalue weighted by molar-refractivity contribution is -0.121. The van der Waals surface area contributed by atoms with E-state index in [1.165, 1.54) is 0 Å². The fourth-order valence-corrected chi connectivity index (χ4v) is 1.17. The second-order valence-corrected chi connectivity index (χ2v) is 3.28. The highest BCUT2D eigenvalue weighted by Gasteiger charge is 2.02. The quantitative estimate of drug-likeness (QED) is 0.775. The van der Waals surface area contributed by atoms with Gasteiger partial charge in [0.1, 0.15) is 5.76 Å². The molecule has 0 aromatic carbocycles. The first kappa shape index (κ1) is 10.8. The smallest absolute Gasteiger partial charge is 0.219 e. The van der Waals surface area contributed by atoms with Gasteiger partial charge in [0.2, 0.25) is 5.91 Å². The Bertz CT molecular complexity index is 294. The molecule has 0 saturated heterocycles. The van der Waals surface area contributed by atoms with Gasteiger partial charge in [-0.2, -0.15) is 0 Å². The first-order valence-corrected chi connectivity index (χ1v) is 4.91. The van der Waals surface area contributed by atoms with Crippen molar-refractivity contribution in [1.82, 2.24) is 10.5 Å². The zero-order valence-electron chi connectivity index (χ0n) is 8.67. The van der Waals surface area contributed by atoms with Gasteiger partial charge in [-0.25, -0.2) is 0 Å². The second kappa shape index (κ2) is 5.42. The summed E-state index contributed by atoms with van der Waals surface area (Å²) in [7, 11) is 0. The van der Waals surface area contributed by atoms with Gasteiger partial charge in [0.05, 0.1) is 5.69 Å². The van der Waals surface area contributed by atoms with Gasteiger partial charge >= 0.3 is 0 Å². The minimum absolute atomic E-state index is 0.101. The van der Waals surface area contributed by atoms with Gasteiger partial charge in [0, 0.05) is 25.5 Å². The van der Waals surface area contributed by atoms with Gasteiger partial charge in [0.25, 0.3) is 0 Å². The molecular weight excluding hydrogens is 180 g/mol. The van der Waals surface area contributed by atoms with Crippen LogP contribution in [0.15, 0.2) is 10.6 Å². The average molecular weight is 196 g/mol. The normalized spacial score (nSPS) is 10.1. The molecule has 78 valence electrons. The molecule has 4 heteroatoms. The zero-order chi connectivity index (χ0) is 10.4. The summed E-state index contributed by atoms with van der Waals surface area (Å²) < 4.78 is 5.00. The summed E-state index contributed by atoms with van der Waals surface area (Å²) in [5.41, 5.74) is 0.875. The van der Waals surface area contributed by atoms with Crippen LogP contribution in [0, 0.1) is 6.92 Å². The molecule has 1 heterocycles. The highest BCUT2D eigenvalue weighted by atomic mass is 16.5. The maximum absolute atomic E-state index is 11.1. The minimum Gasteiger partial charge on any atom is -0.361 e. The maximum Gasteiger partial charge on any atom is 0.219 e. The molecule has 1 amide bonds. The Hall–Kier alpha value is -1.32. The molecular formula is C10H16N2O2. The van der Waals surface area contributed by atoms with E-state index in [1.54, 1.807) is 0 Å². The van der Waals surface area contributed by atoms with E-state index in [-0.39, 0.29) is 5.91 Å². The van der Waals surface area contributed by atoms with Crippen LogP contribution in [0.1, 0.15) is 31.2 Å². The van der Waals surface area contributed by atoms with E-state index in [9.17, 15) is 4.79 Å². The largest absolute Gasteiger partial charge is 0.361 e. The molecule has 0 unspecified atom stereocenters. The summed E-state index contributed by atoms with van der Waals surface area (Å²) in [5.74, 6) is 0.919. The van der Waals surface area contributed by atoms with Gasteiger partial charge in [-0.05, 0) is 13.3 Å². The highest BCUT2D eigenvalue weighted by molar-refractivity contribution is 5.75. The first-order valence-electron chi connectivity index (χ1n) is 4.91. The number of carbonyl (C=O) groups is 1. The molecule has 0 aliphatic heterocycles. The van der Waals surface area contributed by atoms with Crippen LogP contribution in [0.5, 0.6) is 0 Å². The van der Waals surface area contributed by atoms with Crippen LogP contribution >= 0.6 is 0 Å². The van der Waals surface area contributed by atoms with Gasteiger partial charge in [-0.15, -0.1) is 0 Å². The Morgan fingerprint density at radius 2 is 2.43 bits per heavy atom. The molecule has 0 fully saturated rings. The average Bonchev–Trinajstić information content (AvgIpc) is 2.52. The Labute approximate surface area is 83.7 Å². The monoisotopic (exact) mass is 196 g/mol. The number of hydrogen-bond donors (Lipinski definition) is 1. The molecule has 4 nitrogen and oxygen atoms in total. The Balaban J connectivity index is 2.18. The van der Waals surface area contributed by atoms with Crippen molar-refractivity contribution >= 4 is 5.91 Å². The van der Waals surface area contributed by atoms with E-state index in [2.05, 4.69) is 10.5 Å². The van der Waals surface area contributed by atoms with Crippen LogP contribution in [-0.4, -0.2) is 17.6 Å². The van der Waals surface area contributed by atoms with Crippen LogP contribution < -0.4 is 5.32 Å². The third kappa shape index (κ3) is 3.60. The molecule has 0 spiro atoms. The van der Waals surface area contributed by atoms with E-state index >= 15 is 0 Å². The van der Waals surface area contributed by atoms with E-state index in [0.717, 1.165) is 17.9 Å². The van der Waals surface area contributed by atoms with Crippen molar-refractivity contribution in [3.63, 3.8) is 0 Å². The van der Waals surface area contributed by atoms with Crippen molar-refractivity contribution in [2.24, 2.45) is 0 Å². The number of carbonyl (C=O) groups excluding carboxylic acids is 1. The number of nitrogens with one attached hydrogen (secondary N) is 1. The predicted molar refractivity (Wildman–Crippen MR) is 52.9 cm³/mol. The number of nitrogens with zero attached hydrogens (tertiary/aromatic N) is 1. The van der Waals surface area contributed by atoms with Gasteiger partial charge in [-0.3, -0.25) is 4.79 Å². The van der Waals surface area contributed by atoms with Crippen LogP contribution in [0.3, 0.4) is 0 Å². The van der Waals surface area contributed by atoms with Crippen LogP contribution in [0.25, 0.3) is 0 Å². The maximum atomic E-state index is 11.1. The van der Waals surface area contributed by atoms with Gasteiger partial charge in [-0.1, -0.05) is 12.1 Å². The lowest BCUT2D eigenvalue weighted by Gasteiger charge is -2.01. The third-order valence-corrected chi connectivity index (χ3v) is 1.85. The second-order valence-electron chi connectivity index (χ2n) is 3.28. The Morgan fingerprint density at radius 1 is 1.64 bits per heavy atom. The van der Waals surface area contributed by atoms with Crippen molar-refractivity contribution in [3.05, 3.63) is 17.5 Å². The van der Waals surface area contributed by atoms with Crippen molar-refractivity contribution in [3.8, 4) is 0 Å². The van der Waals surface area contributed by atoms with Gasteiger partial charge < -0.3 is 9.84 Å². The summed E-state index contributed by atoms with van der Waals surface area (Å²) in [6.45, 7) is 4.48. The molecule has 1 aromatic heterocycles. The summed E-state index contributed by atoms with van der Waals surface area (Å²) in [5, 5.41) is 6.58. The zero-order valence-corrected chi connectivity index (χ0v) is 8.67. The predicted octanol–water partition coefficient (Wildman–Crippen LogP) is 1.44. The third-order valence-electron chi connectivity index (χ3n) is 1.85. The number of hydrogen-bond acceptors (Lipinski definition) is 3. The SMILES string of the molecule is CCCC(=O)NCCc1cc(C)no1. The fourth-order valence-electron chi connectivity index (χ4n) is 1.17. The van der Waals surface area contributed by atoms with E-state index in [4.69, 9.17) is 4.52 Å². The van der Waals surface area contributed by atoms with Crippen LogP contribution in [-0.2, 0) is 11.2 Å². The van der Waals surface area contributed by atoms with E-state index in [0.29, 0.717) is 19.4 Å². The summed E-state index contributed by atoms with van der Waals surface area (Å²) >= 11 is 0. The standard InChI is InChI=1S/C10H16N2O2/c1-3-4-10(13)11-6-5-9-7-8(2)12-14-9/h7H,3-6H2,1-2H3,(H,11,13). The first-order chi connectivity index (χ1) is 6.72.